The van der Waals surface area contributed by atoms with Crippen LogP contribution in [0.15, 0.2) is 24.3 Å². The molecule has 2 amide bonds. The maximum absolute atomic E-state index is 11.8. The van der Waals surface area contributed by atoms with Crippen molar-refractivity contribution in [3.8, 4) is 6.07 Å². The lowest BCUT2D eigenvalue weighted by Crippen LogP contribution is -2.43. The first-order chi connectivity index (χ1) is 10.1. The maximum Gasteiger partial charge on any atom is 0.326 e. The predicted octanol–water partition coefficient (Wildman–Crippen LogP) is 2.08. The zero-order valence-electron chi connectivity index (χ0n) is 11.6. The third-order valence-electron chi connectivity index (χ3n) is 2.71. The third-order valence-corrected chi connectivity index (χ3v) is 3.35. The van der Waals surface area contributed by atoms with Crippen LogP contribution in [-0.2, 0) is 11.2 Å². The molecule has 1 rings (SSSR count). The number of nitrogens with one attached hydrogen (secondary N) is 2. The van der Waals surface area contributed by atoms with Gasteiger partial charge in [-0.3, -0.25) is 0 Å². The molecule has 0 aliphatic rings. The Bertz CT molecular complexity index is 525. The van der Waals surface area contributed by atoms with E-state index >= 15 is 0 Å². The Balaban J connectivity index is 2.55. The van der Waals surface area contributed by atoms with Crippen LogP contribution in [0.1, 0.15) is 12.0 Å². The first-order valence-electron chi connectivity index (χ1n) is 6.32. The van der Waals surface area contributed by atoms with Gasteiger partial charge in [-0.05, 0) is 36.1 Å². The highest BCUT2D eigenvalue weighted by atomic mass is 32.2. The summed E-state index contributed by atoms with van der Waals surface area (Å²) in [4.78, 5) is 22.8. The number of rotatable bonds is 7. The SMILES string of the molecule is CSCC[C@H](NC(=O)Nc1ccc(CC#N)cc1)C(=O)O. The van der Waals surface area contributed by atoms with Gasteiger partial charge in [0.1, 0.15) is 6.04 Å². The van der Waals surface area contributed by atoms with Crippen molar-refractivity contribution in [1.29, 1.82) is 5.26 Å². The Morgan fingerprint density at radius 1 is 1.38 bits per heavy atom. The van der Waals surface area contributed by atoms with Crippen molar-refractivity contribution in [3.63, 3.8) is 0 Å². The third kappa shape index (κ3) is 6.19. The van der Waals surface area contributed by atoms with E-state index in [2.05, 4.69) is 10.6 Å². The molecule has 7 heteroatoms. The molecule has 0 bridgehead atoms. The summed E-state index contributed by atoms with van der Waals surface area (Å²) < 4.78 is 0. The van der Waals surface area contributed by atoms with Gasteiger partial charge >= 0.3 is 12.0 Å². The van der Waals surface area contributed by atoms with Crippen molar-refractivity contribution >= 4 is 29.4 Å². The fraction of sp³-hybridized carbons (Fsp3) is 0.357. The van der Waals surface area contributed by atoms with Crippen LogP contribution in [0, 0.1) is 11.3 Å². The minimum atomic E-state index is -1.05. The molecule has 0 aliphatic carbocycles. The van der Waals surface area contributed by atoms with Crippen molar-refractivity contribution < 1.29 is 14.7 Å². The summed E-state index contributed by atoms with van der Waals surface area (Å²) in [5.41, 5.74) is 1.40. The summed E-state index contributed by atoms with van der Waals surface area (Å²) in [6.07, 6.45) is 2.55. The van der Waals surface area contributed by atoms with E-state index in [9.17, 15) is 9.59 Å². The molecule has 1 aromatic carbocycles. The van der Waals surface area contributed by atoms with Crippen molar-refractivity contribution in [3.05, 3.63) is 29.8 Å². The first kappa shape index (κ1) is 16.9. The first-order valence-corrected chi connectivity index (χ1v) is 7.71. The molecule has 21 heavy (non-hydrogen) atoms. The van der Waals surface area contributed by atoms with Crippen LogP contribution in [0.2, 0.25) is 0 Å². The second-order valence-corrected chi connectivity index (χ2v) is 5.29. The number of carbonyl (C=O) groups is 2. The average molecular weight is 307 g/mol. The molecule has 0 radical (unpaired) electrons. The van der Waals surface area contributed by atoms with Crippen LogP contribution in [0.5, 0.6) is 0 Å². The standard InChI is InChI=1S/C14H17N3O3S/c1-21-9-7-12(13(18)19)17-14(20)16-11-4-2-10(3-5-11)6-8-15/h2-5,12H,6-7,9H2,1H3,(H,18,19)(H2,16,17,20)/t12-/m0/s1. The number of benzene rings is 1. The van der Waals surface area contributed by atoms with Gasteiger partial charge in [0.15, 0.2) is 0 Å². The number of anilines is 1. The van der Waals surface area contributed by atoms with Gasteiger partial charge < -0.3 is 15.7 Å². The fourth-order valence-corrected chi connectivity index (χ4v) is 2.09. The largest absolute Gasteiger partial charge is 0.480 e. The molecule has 0 heterocycles. The highest BCUT2D eigenvalue weighted by Crippen LogP contribution is 2.10. The van der Waals surface area contributed by atoms with E-state index in [-0.39, 0.29) is 0 Å². The average Bonchev–Trinajstić information content (AvgIpc) is 2.45. The Labute approximate surface area is 127 Å². The summed E-state index contributed by atoms with van der Waals surface area (Å²) in [7, 11) is 0. The lowest BCUT2D eigenvalue weighted by atomic mass is 10.1. The minimum absolute atomic E-state index is 0.308. The highest BCUT2D eigenvalue weighted by Gasteiger charge is 2.19. The maximum atomic E-state index is 11.8. The normalized spacial score (nSPS) is 11.2. The number of nitriles is 1. The van der Waals surface area contributed by atoms with Gasteiger partial charge in [0.25, 0.3) is 0 Å². The molecule has 1 atom stereocenters. The van der Waals surface area contributed by atoms with Crippen molar-refractivity contribution in [2.24, 2.45) is 0 Å². The molecular weight excluding hydrogens is 290 g/mol. The summed E-state index contributed by atoms with van der Waals surface area (Å²) in [5.74, 6) is -0.399. The zero-order chi connectivity index (χ0) is 15.7. The molecule has 0 saturated carbocycles. The molecule has 3 N–H and O–H groups in total. The molecule has 0 aromatic heterocycles. The second-order valence-electron chi connectivity index (χ2n) is 4.30. The molecule has 0 saturated heterocycles. The number of carboxylic acids is 1. The summed E-state index contributed by atoms with van der Waals surface area (Å²) in [6.45, 7) is 0. The monoisotopic (exact) mass is 307 g/mol. The summed E-state index contributed by atoms with van der Waals surface area (Å²) in [6, 6.07) is 7.39. The van der Waals surface area contributed by atoms with E-state index in [1.54, 1.807) is 24.3 Å². The molecule has 0 spiro atoms. The second kappa shape index (κ2) is 8.87. The summed E-state index contributed by atoms with van der Waals surface area (Å²) in [5, 5.41) is 22.6. The van der Waals surface area contributed by atoms with Gasteiger partial charge in [-0.1, -0.05) is 12.1 Å². The predicted molar refractivity (Wildman–Crippen MR) is 82.3 cm³/mol. The van der Waals surface area contributed by atoms with E-state index in [4.69, 9.17) is 10.4 Å². The Kier molecular flexibility index (Phi) is 7.12. The van der Waals surface area contributed by atoms with Crippen LogP contribution in [0.3, 0.4) is 0 Å². The topological polar surface area (TPSA) is 102 Å². The van der Waals surface area contributed by atoms with Crippen LogP contribution in [-0.4, -0.2) is 35.2 Å². The zero-order valence-corrected chi connectivity index (χ0v) is 12.4. The van der Waals surface area contributed by atoms with Crippen molar-refractivity contribution in [2.75, 3.05) is 17.3 Å². The van der Waals surface area contributed by atoms with Crippen LogP contribution < -0.4 is 10.6 Å². The number of carbonyl (C=O) groups excluding carboxylic acids is 1. The Hall–Kier alpha value is -2.20. The van der Waals surface area contributed by atoms with E-state index in [0.717, 1.165) is 5.56 Å². The smallest absolute Gasteiger partial charge is 0.326 e. The lowest BCUT2D eigenvalue weighted by Gasteiger charge is -2.14. The number of urea groups is 1. The molecular formula is C14H17N3O3S. The number of thioether (sulfide) groups is 1. The summed E-state index contributed by atoms with van der Waals surface area (Å²) >= 11 is 1.52. The van der Waals surface area contributed by atoms with Gasteiger partial charge in [-0.15, -0.1) is 0 Å². The molecule has 112 valence electrons. The van der Waals surface area contributed by atoms with Gasteiger partial charge in [0, 0.05) is 5.69 Å². The van der Waals surface area contributed by atoms with Crippen LogP contribution >= 0.6 is 11.8 Å². The van der Waals surface area contributed by atoms with E-state index in [0.29, 0.717) is 24.3 Å². The van der Waals surface area contributed by atoms with Crippen molar-refractivity contribution in [1.82, 2.24) is 5.32 Å². The number of aliphatic carboxylic acids is 1. The number of amides is 2. The number of hydrogen-bond acceptors (Lipinski definition) is 4. The molecule has 0 fully saturated rings. The van der Waals surface area contributed by atoms with Crippen LogP contribution in [0.4, 0.5) is 10.5 Å². The van der Waals surface area contributed by atoms with Gasteiger partial charge in [-0.2, -0.15) is 17.0 Å². The molecule has 6 nitrogen and oxygen atoms in total. The van der Waals surface area contributed by atoms with Crippen LogP contribution in [0.25, 0.3) is 0 Å². The quantitative estimate of drug-likeness (QED) is 0.715. The van der Waals surface area contributed by atoms with E-state index in [1.165, 1.54) is 11.8 Å². The van der Waals surface area contributed by atoms with Gasteiger partial charge in [-0.25, -0.2) is 9.59 Å². The highest BCUT2D eigenvalue weighted by molar-refractivity contribution is 7.98. The Morgan fingerprint density at radius 2 is 2.05 bits per heavy atom. The van der Waals surface area contributed by atoms with Crippen molar-refractivity contribution in [2.45, 2.75) is 18.9 Å². The molecule has 0 unspecified atom stereocenters. The molecule has 0 aliphatic heterocycles. The van der Waals surface area contributed by atoms with E-state index in [1.807, 2.05) is 12.3 Å². The number of nitrogens with zero attached hydrogens (tertiary/aromatic N) is 1. The van der Waals surface area contributed by atoms with Gasteiger partial charge in [0.2, 0.25) is 0 Å². The number of carboxylic acid groups (broad SMARTS) is 1. The van der Waals surface area contributed by atoms with Gasteiger partial charge in [0.05, 0.1) is 12.5 Å². The fourth-order valence-electron chi connectivity index (χ4n) is 1.62. The Morgan fingerprint density at radius 3 is 2.57 bits per heavy atom. The molecule has 1 aromatic rings. The number of hydrogen-bond donors (Lipinski definition) is 3. The van der Waals surface area contributed by atoms with E-state index < -0.39 is 18.0 Å². The minimum Gasteiger partial charge on any atom is -0.480 e. The lowest BCUT2D eigenvalue weighted by molar-refractivity contribution is -0.139.